The normalized spacial score (nSPS) is 15.9. The second-order valence-corrected chi connectivity index (χ2v) is 11.9. The third kappa shape index (κ3) is 5.19. The summed E-state index contributed by atoms with van der Waals surface area (Å²) in [4.78, 5) is 21.1. The second-order valence-electron chi connectivity index (χ2n) is 9.22. The van der Waals surface area contributed by atoms with Gasteiger partial charge in [0.1, 0.15) is 28.8 Å². The number of nitrogens with zero attached hydrogens (tertiary/aromatic N) is 3. The minimum Gasteiger partial charge on any atom is -0.487 e. The van der Waals surface area contributed by atoms with Crippen molar-refractivity contribution in [2.75, 3.05) is 13.6 Å². The van der Waals surface area contributed by atoms with Crippen LogP contribution in [0.25, 0.3) is 22.0 Å². The standard InChI is InChI=1S/C28H26Cl2N4O4S/c1-17-14-20(18-6-4-12-32-15-18)19-7-3-9-24(27(19)33-17)38-16-21-22(29)10-11-25(26(21)30)39(36,37)34-13-5-8-23(34)28(35)31-2/h3-4,6-7,9-12,14-15,23H,5,8,13,16H2,1-2H3,(H,31,35)/t23-/m0/s1. The first-order chi connectivity index (χ1) is 18.7. The second kappa shape index (κ2) is 11.1. The van der Waals surface area contributed by atoms with E-state index >= 15 is 0 Å². The molecule has 5 rings (SSSR count). The van der Waals surface area contributed by atoms with Crippen molar-refractivity contribution in [3.8, 4) is 16.9 Å². The maximum Gasteiger partial charge on any atom is 0.245 e. The largest absolute Gasteiger partial charge is 0.487 e. The Kier molecular flexibility index (Phi) is 7.77. The number of carbonyl (C=O) groups is 1. The van der Waals surface area contributed by atoms with Gasteiger partial charge in [-0.05, 0) is 55.7 Å². The van der Waals surface area contributed by atoms with Crippen LogP contribution in [0.5, 0.6) is 5.75 Å². The summed E-state index contributed by atoms with van der Waals surface area (Å²) >= 11 is 13.1. The Balaban J connectivity index is 1.49. The number of aromatic nitrogens is 2. The lowest BCUT2D eigenvalue weighted by atomic mass is 10.0. The molecule has 0 spiro atoms. The minimum atomic E-state index is -4.06. The Morgan fingerprint density at radius 2 is 2.00 bits per heavy atom. The maximum absolute atomic E-state index is 13.6. The van der Waals surface area contributed by atoms with Crippen molar-refractivity contribution in [3.63, 3.8) is 0 Å². The number of carbonyl (C=O) groups excluding carboxylic acids is 1. The van der Waals surface area contributed by atoms with Crippen LogP contribution in [0.3, 0.4) is 0 Å². The van der Waals surface area contributed by atoms with E-state index in [1.54, 1.807) is 18.5 Å². The molecule has 1 aliphatic heterocycles. The van der Waals surface area contributed by atoms with E-state index in [9.17, 15) is 13.2 Å². The first-order valence-electron chi connectivity index (χ1n) is 12.4. The van der Waals surface area contributed by atoms with Gasteiger partial charge < -0.3 is 10.1 Å². The maximum atomic E-state index is 13.6. The van der Waals surface area contributed by atoms with E-state index in [0.29, 0.717) is 29.7 Å². The van der Waals surface area contributed by atoms with Gasteiger partial charge in [-0.2, -0.15) is 4.31 Å². The van der Waals surface area contributed by atoms with E-state index in [0.717, 1.165) is 22.2 Å². The molecule has 0 saturated carbocycles. The van der Waals surface area contributed by atoms with Crippen molar-refractivity contribution in [2.24, 2.45) is 0 Å². The van der Waals surface area contributed by atoms with Gasteiger partial charge in [-0.1, -0.05) is 41.4 Å². The summed E-state index contributed by atoms with van der Waals surface area (Å²) in [5, 5.41) is 3.65. The predicted octanol–water partition coefficient (Wildman–Crippen LogP) is 5.39. The number of likely N-dealkylation sites (N-methyl/N-ethyl adjacent to an activating group) is 1. The van der Waals surface area contributed by atoms with Crippen LogP contribution >= 0.6 is 23.2 Å². The number of benzene rings is 2. The highest BCUT2D eigenvalue weighted by Crippen LogP contribution is 2.37. The predicted molar refractivity (Wildman–Crippen MR) is 151 cm³/mol. The molecule has 0 unspecified atom stereocenters. The van der Waals surface area contributed by atoms with Crippen molar-refractivity contribution >= 4 is 50.0 Å². The summed E-state index contributed by atoms with van der Waals surface area (Å²) in [6.07, 6.45) is 4.53. The van der Waals surface area contributed by atoms with Gasteiger partial charge in [0.15, 0.2) is 0 Å². The summed E-state index contributed by atoms with van der Waals surface area (Å²) in [6.45, 7) is 2.05. The molecule has 1 aliphatic rings. The fourth-order valence-electron chi connectivity index (χ4n) is 4.87. The van der Waals surface area contributed by atoms with Crippen molar-refractivity contribution in [3.05, 3.63) is 82.2 Å². The van der Waals surface area contributed by atoms with Gasteiger partial charge in [-0.3, -0.25) is 9.78 Å². The fraction of sp³-hybridized carbons (Fsp3) is 0.250. The van der Waals surface area contributed by atoms with Crippen LogP contribution in [0.4, 0.5) is 0 Å². The lowest BCUT2D eigenvalue weighted by molar-refractivity contribution is -0.123. The number of sulfonamides is 1. The number of aryl methyl sites for hydroxylation is 1. The van der Waals surface area contributed by atoms with Gasteiger partial charge in [0.25, 0.3) is 0 Å². The molecule has 2 aromatic heterocycles. The molecule has 1 N–H and O–H groups in total. The van der Waals surface area contributed by atoms with Crippen LogP contribution < -0.4 is 10.1 Å². The lowest BCUT2D eigenvalue weighted by Gasteiger charge is -2.24. The molecule has 1 saturated heterocycles. The highest BCUT2D eigenvalue weighted by atomic mass is 35.5. The van der Waals surface area contributed by atoms with Gasteiger partial charge in [0.05, 0.1) is 5.02 Å². The average Bonchev–Trinajstić information content (AvgIpc) is 3.44. The zero-order valence-electron chi connectivity index (χ0n) is 21.3. The topological polar surface area (TPSA) is 101 Å². The summed E-state index contributed by atoms with van der Waals surface area (Å²) in [5.74, 6) is 0.148. The van der Waals surface area contributed by atoms with E-state index in [1.165, 1.54) is 23.5 Å². The first-order valence-corrected chi connectivity index (χ1v) is 14.6. The number of hydrogen-bond acceptors (Lipinski definition) is 6. The van der Waals surface area contributed by atoms with Gasteiger partial charge in [0.2, 0.25) is 15.9 Å². The molecule has 39 heavy (non-hydrogen) atoms. The molecule has 4 aromatic rings. The number of nitrogens with one attached hydrogen (secondary N) is 1. The van der Waals surface area contributed by atoms with Crippen LogP contribution in [0.1, 0.15) is 24.1 Å². The van der Waals surface area contributed by atoms with Crippen LogP contribution in [0.15, 0.2) is 65.8 Å². The monoisotopic (exact) mass is 584 g/mol. The van der Waals surface area contributed by atoms with Gasteiger partial charge in [0, 0.05) is 53.2 Å². The number of ether oxygens (including phenoxy) is 1. The molecule has 1 amide bonds. The molecule has 3 heterocycles. The number of halogens is 2. The van der Waals surface area contributed by atoms with Gasteiger partial charge in [-0.15, -0.1) is 0 Å². The van der Waals surface area contributed by atoms with Crippen LogP contribution in [0.2, 0.25) is 10.0 Å². The molecule has 202 valence electrons. The zero-order chi connectivity index (χ0) is 27.7. The number of amides is 1. The average molecular weight is 586 g/mol. The Bertz CT molecular complexity index is 1670. The van der Waals surface area contributed by atoms with E-state index in [-0.39, 0.29) is 34.0 Å². The van der Waals surface area contributed by atoms with Crippen molar-refractivity contribution in [1.82, 2.24) is 19.6 Å². The number of fused-ring (bicyclic) bond motifs is 1. The molecule has 8 nitrogen and oxygen atoms in total. The summed E-state index contributed by atoms with van der Waals surface area (Å²) < 4.78 is 34.5. The van der Waals surface area contributed by atoms with Crippen molar-refractivity contribution in [1.29, 1.82) is 0 Å². The van der Waals surface area contributed by atoms with Gasteiger partial charge >= 0.3 is 0 Å². The minimum absolute atomic E-state index is 0.0366. The fourth-order valence-corrected chi connectivity index (χ4v) is 7.39. The van der Waals surface area contributed by atoms with Gasteiger partial charge in [-0.25, -0.2) is 13.4 Å². The Labute approximate surface area is 237 Å². The number of pyridine rings is 2. The summed E-state index contributed by atoms with van der Waals surface area (Å²) in [5.41, 5.74) is 3.70. The van der Waals surface area contributed by atoms with E-state index in [2.05, 4.69) is 10.3 Å². The van der Waals surface area contributed by atoms with E-state index < -0.39 is 16.1 Å². The SMILES string of the molecule is CNC(=O)[C@@H]1CCCN1S(=O)(=O)c1ccc(Cl)c(COc2cccc3c(-c4cccnc4)cc(C)nc23)c1Cl. The zero-order valence-corrected chi connectivity index (χ0v) is 23.6. The van der Waals surface area contributed by atoms with Crippen molar-refractivity contribution in [2.45, 2.75) is 37.3 Å². The molecule has 1 atom stereocenters. The molecular formula is C28H26Cl2N4O4S. The van der Waals surface area contributed by atoms with Crippen LogP contribution in [-0.4, -0.2) is 48.2 Å². The van der Waals surface area contributed by atoms with Crippen molar-refractivity contribution < 1.29 is 17.9 Å². The van der Waals surface area contributed by atoms with E-state index in [1.807, 2.05) is 37.3 Å². The number of hydrogen-bond donors (Lipinski definition) is 1. The smallest absolute Gasteiger partial charge is 0.245 e. The molecule has 1 fully saturated rings. The third-order valence-electron chi connectivity index (χ3n) is 6.77. The third-order valence-corrected chi connectivity index (χ3v) is 9.61. The van der Waals surface area contributed by atoms with Crippen LogP contribution in [0, 0.1) is 6.92 Å². The number of para-hydroxylation sites is 1. The lowest BCUT2D eigenvalue weighted by Crippen LogP contribution is -2.44. The molecule has 0 radical (unpaired) electrons. The Morgan fingerprint density at radius 3 is 2.74 bits per heavy atom. The molecule has 0 aliphatic carbocycles. The quantitative estimate of drug-likeness (QED) is 0.312. The molecule has 0 bridgehead atoms. The molecule has 2 aromatic carbocycles. The summed E-state index contributed by atoms with van der Waals surface area (Å²) in [6, 6.07) is 13.5. The molecule has 11 heteroatoms. The highest BCUT2D eigenvalue weighted by Gasteiger charge is 2.40. The summed E-state index contributed by atoms with van der Waals surface area (Å²) in [7, 11) is -2.58. The van der Waals surface area contributed by atoms with E-state index in [4.69, 9.17) is 32.9 Å². The van der Waals surface area contributed by atoms with Crippen LogP contribution in [-0.2, 0) is 21.4 Å². The first kappa shape index (κ1) is 27.3. The molecular weight excluding hydrogens is 559 g/mol. The Hall–Kier alpha value is -3.24. The Morgan fingerprint density at radius 1 is 1.18 bits per heavy atom. The number of rotatable bonds is 7. The highest BCUT2D eigenvalue weighted by molar-refractivity contribution is 7.89.